The molecule has 180 valence electrons. The van der Waals surface area contributed by atoms with Crippen LogP contribution < -0.4 is 24.4 Å². The number of benzene rings is 3. The largest absolute Gasteiger partial charge is 0.493 e. The van der Waals surface area contributed by atoms with Crippen molar-refractivity contribution >= 4 is 40.9 Å². The van der Waals surface area contributed by atoms with Crippen LogP contribution >= 0.6 is 11.6 Å². The van der Waals surface area contributed by atoms with Crippen molar-refractivity contribution in [3.63, 3.8) is 0 Å². The number of ether oxygens (including phenoxy) is 3. The van der Waals surface area contributed by atoms with Gasteiger partial charge < -0.3 is 24.4 Å². The first-order valence-corrected chi connectivity index (χ1v) is 11.3. The van der Waals surface area contributed by atoms with Crippen LogP contribution in [0.25, 0.3) is 6.08 Å². The normalized spacial score (nSPS) is 14.9. The van der Waals surface area contributed by atoms with Crippen LogP contribution in [0.2, 0.25) is 5.02 Å². The number of carbonyl (C=O) groups is 2. The maximum atomic E-state index is 12.9. The quantitative estimate of drug-likeness (QED) is 0.451. The molecule has 0 fully saturated rings. The molecule has 1 heterocycles. The second kappa shape index (κ2) is 10.5. The summed E-state index contributed by atoms with van der Waals surface area (Å²) in [5.74, 6) is 1.27. The van der Waals surface area contributed by atoms with E-state index >= 15 is 0 Å². The van der Waals surface area contributed by atoms with Crippen LogP contribution in [0, 0.1) is 0 Å². The molecule has 0 spiro atoms. The number of carbonyl (C=O) groups excluding carboxylic acids is 2. The fraction of sp³-hybridized carbons (Fsp3) is 0.185. The van der Waals surface area contributed by atoms with Crippen LogP contribution in [0.1, 0.15) is 18.1 Å². The summed E-state index contributed by atoms with van der Waals surface area (Å²) >= 11 is 5.99. The fourth-order valence-electron chi connectivity index (χ4n) is 3.73. The minimum Gasteiger partial charge on any atom is -0.493 e. The molecule has 1 N–H and O–H groups in total. The average molecular weight is 493 g/mol. The summed E-state index contributed by atoms with van der Waals surface area (Å²) < 4.78 is 16.3. The molecule has 4 rings (SSSR count). The van der Waals surface area contributed by atoms with Crippen molar-refractivity contribution in [1.82, 2.24) is 0 Å². The average Bonchev–Trinajstić information content (AvgIpc) is 2.86. The van der Waals surface area contributed by atoms with Crippen LogP contribution in [-0.2, 0) is 16.1 Å². The monoisotopic (exact) mass is 492 g/mol. The first-order chi connectivity index (χ1) is 16.9. The maximum Gasteiger partial charge on any atom is 0.268 e. The Balaban J connectivity index is 1.52. The Morgan fingerprint density at radius 1 is 1.06 bits per heavy atom. The van der Waals surface area contributed by atoms with Gasteiger partial charge in [0, 0.05) is 16.8 Å². The molecule has 1 atom stereocenters. The molecule has 0 aliphatic carbocycles. The summed E-state index contributed by atoms with van der Waals surface area (Å²) in [6.07, 6.45) is 2.49. The number of anilines is 2. The summed E-state index contributed by atoms with van der Waals surface area (Å²) in [5.41, 5.74) is 2.84. The van der Waals surface area contributed by atoms with E-state index in [0.29, 0.717) is 40.2 Å². The molecule has 1 unspecified atom stereocenters. The Hall–Kier alpha value is -3.97. The van der Waals surface area contributed by atoms with E-state index < -0.39 is 6.10 Å². The third-order valence-electron chi connectivity index (χ3n) is 5.52. The minimum absolute atomic E-state index is 0.163. The number of nitrogens with zero attached hydrogens (tertiary/aromatic N) is 1. The van der Waals surface area contributed by atoms with Gasteiger partial charge in [-0.25, -0.2) is 0 Å². The van der Waals surface area contributed by atoms with Crippen molar-refractivity contribution in [2.24, 2.45) is 0 Å². The Kier molecular flexibility index (Phi) is 7.27. The highest BCUT2D eigenvalue weighted by atomic mass is 35.5. The second-order valence-electron chi connectivity index (χ2n) is 7.93. The van der Waals surface area contributed by atoms with E-state index in [2.05, 4.69) is 5.32 Å². The molecule has 1 aliphatic heterocycles. The highest BCUT2D eigenvalue weighted by Crippen LogP contribution is 2.37. The van der Waals surface area contributed by atoms with Crippen molar-refractivity contribution in [2.45, 2.75) is 19.6 Å². The number of amides is 2. The standard InChI is InChI=1S/C27H25ClN2O5/c1-17-27(32)30(16-19-4-8-20(28)9-5-19)22-15-21(10-12-23(22)35-17)29-26(31)13-7-18-6-11-24(33-2)25(14-18)34-3/h4-15,17H,16H2,1-3H3,(H,29,31)/b13-7+. The number of halogens is 1. The van der Waals surface area contributed by atoms with Crippen molar-refractivity contribution in [2.75, 3.05) is 24.4 Å². The zero-order valence-corrected chi connectivity index (χ0v) is 20.3. The van der Waals surface area contributed by atoms with E-state index in [1.807, 2.05) is 18.2 Å². The number of nitrogens with one attached hydrogen (secondary N) is 1. The van der Waals surface area contributed by atoms with E-state index in [9.17, 15) is 9.59 Å². The van der Waals surface area contributed by atoms with Crippen molar-refractivity contribution in [1.29, 1.82) is 0 Å². The number of methoxy groups -OCH3 is 2. The van der Waals surface area contributed by atoms with Crippen molar-refractivity contribution < 1.29 is 23.8 Å². The number of rotatable bonds is 7. The number of hydrogen-bond acceptors (Lipinski definition) is 5. The lowest BCUT2D eigenvalue weighted by Crippen LogP contribution is -2.44. The summed E-state index contributed by atoms with van der Waals surface area (Å²) in [5, 5.41) is 3.47. The van der Waals surface area contributed by atoms with E-state index in [4.69, 9.17) is 25.8 Å². The summed E-state index contributed by atoms with van der Waals surface area (Å²) in [6, 6.07) is 17.9. The first-order valence-electron chi connectivity index (χ1n) is 11.0. The topological polar surface area (TPSA) is 77.1 Å². The van der Waals surface area contributed by atoms with Gasteiger partial charge in [-0.3, -0.25) is 9.59 Å². The molecule has 0 saturated carbocycles. The van der Waals surface area contributed by atoms with Gasteiger partial charge in [-0.1, -0.05) is 29.8 Å². The summed E-state index contributed by atoms with van der Waals surface area (Å²) in [4.78, 5) is 27.1. The summed E-state index contributed by atoms with van der Waals surface area (Å²) in [6.45, 7) is 2.07. The van der Waals surface area contributed by atoms with Gasteiger partial charge in [0.05, 0.1) is 26.5 Å². The van der Waals surface area contributed by atoms with E-state index in [1.54, 1.807) is 74.6 Å². The predicted molar refractivity (Wildman–Crippen MR) is 136 cm³/mol. The third-order valence-corrected chi connectivity index (χ3v) is 5.78. The van der Waals surface area contributed by atoms with Crippen LogP contribution in [0.5, 0.6) is 17.2 Å². The number of hydrogen-bond donors (Lipinski definition) is 1. The molecule has 8 heteroatoms. The maximum absolute atomic E-state index is 12.9. The molecule has 35 heavy (non-hydrogen) atoms. The van der Waals surface area contributed by atoms with Gasteiger partial charge >= 0.3 is 0 Å². The molecular weight excluding hydrogens is 468 g/mol. The highest BCUT2D eigenvalue weighted by Gasteiger charge is 2.31. The Bertz CT molecular complexity index is 1270. The molecule has 0 saturated heterocycles. The molecule has 0 bridgehead atoms. The smallest absolute Gasteiger partial charge is 0.268 e. The predicted octanol–water partition coefficient (Wildman–Crippen LogP) is 5.32. The number of fused-ring (bicyclic) bond motifs is 1. The van der Waals surface area contributed by atoms with Gasteiger partial charge in [0.15, 0.2) is 17.6 Å². The lowest BCUT2D eigenvalue weighted by atomic mass is 10.1. The van der Waals surface area contributed by atoms with E-state index in [-0.39, 0.29) is 11.8 Å². The minimum atomic E-state index is -0.611. The zero-order chi connectivity index (χ0) is 24.9. The molecule has 1 aliphatic rings. The van der Waals surface area contributed by atoms with Gasteiger partial charge in [0.2, 0.25) is 5.91 Å². The van der Waals surface area contributed by atoms with Gasteiger partial charge in [0.1, 0.15) is 5.75 Å². The van der Waals surface area contributed by atoms with Crippen LogP contribution in [0.4, 0.5) is 11.4 Å². The zero-order valence-electron chi connectivity index (χ0n) is 19.6. The Morgan fingerprint density at radius 3 is 2.51 bits per heavy atom. The molecule has 3 aromatic rings. The lowest BCUT2D eigenvalue weighted by molar-refractivity contribution is -0.125. The molecule has 7 nitrogen and oxygen atoms in total. The van der Waals surface area contributed by atoms with E-state index in [1.165, 1.54) is 6.08 Å². The first kappa shape index (κ1) is 24.2. The van der Waals surface area contributed by atoms with E-state index in [0.717, 1.165) is 11.1 Å². The molecule has 0 aromatic heterocycles. The van der Waals surface area contributed by atoms with Crippen molar-refractivity contribution in [3.05, 3.63) is 82.9 Å². The molecule has 2 amide bonds. The fourth-order valence-corrected chi connectivity index (χ4v) is 3.86. The lowest BCUT2D eigenvalue weighted by Gasteiger charge is -2.33. The molecular formula is C27H25ClN2O5. The van der Waals surface area contributed by atoms with Gasteiger partial charge in [-0.05, 0) is 66.6 Å². The second-order valence-corrected chi connectivity index (χ2v) is 8.37. The van der Waals surface area contributed by atoms with Gasteiger partial charge in [-0.15, -0.1) is 0 Å². The SMILES string of the molecule is COc1ccc(/C=C/C(=O)Nc2ccc3c(c2)N(Cc2ccc(Cl)cc2)C(=O)C(C)O3)cc1OC. The molecule has 0 radical (unpaired) electrons. The van der Waals surface area contributed by atoms with Crippen LogP contribution in [0.3, 0.4) is 0 Å². The van der Waals surface area contributed by atoms with Crippen molar-refractivity contribution in [3.8, 4) is 17.2 Å². The van der Waals surface area contributed by atoms with Crippen LogP contribution in [0.15, 0.2) is 66.7 Å². The Morgan fingerprint density at radius 2 is 1.80 bits per heavy atom. The summed E-state index contributed by atoms with van der Waals surface area (Å²) in [7, 11) is 3.12. The highest BCUT2D eigenvalue weighted by molar-refractivity contribution is 6.30. The van der Waals surface area contributed by atoms with Gasteiger partial charge in [-0.2, -0.15) is 0 Å². The van der Waals surface area contributed by atoms with Crippen LogP contribution in [-0.4, -0.2) is 32.1 Å². The Labute approximate surface area is 208 Å². The van der Waals surface area contributed by atoms with Gasteiger partial charge in [0.25, 0.3) is 5.91 Å². The molecule has 3 aromatic carbocycles. The third kappa shape index (κ3) is 5.58.